The molecule has 8 heteroatoms. The molecule has 0 heterocycles. The zero-order chi connectivity index (χ0) is 25.1. The molecule has 2 aromatic carbocycles. The van der Waals surface area contributed by atoms with E-state index in [0.29, 0.717) is 47.7 Å². The topological polar surface area (TPSA) is 67.9 Å². The van der Waals surface area contributed by atoms with Crippen molar-refractivity contribution in [3.8, 4) is 11.5 Å². The van der Waals surface area contributed by atoms with Crippen molar-refractivity contribution in [2.45, 2.75) is 52.6 Å². The Labute approximate surface area is 212 Å². The fraction of sp³-hybridized carbons (Fsp3) is 0.462. The third-order valence-electron chi connectivity index (χ3n) is 5.29. The lowest BCUT2D eigenvalue weighted by Crippen LogP contribution is -2.49. The highest BCUT2D eigenvalue weighted by atomic mass is 35.5. The van der Waals surface area contributed by atoms with Crippen molar-refractivity contribution >= 4 is 35.0 Å². The molecule has 1 N–H and O–H groups in total. The summed E-state index contributed by atoms with van der Waals surface area (Å²) >= 11 is 12.4. The van der Waals surface area contributed by atoms with Crippen LogP contribution in [0.15, 0.2) is 42.5 Å². The maximum atomic E-state index is 13.3. The van der Waals surface area contributed by atoms with Crippen LogP contribution in [0.1, 0.15) is 45.6 Å². The predicted octanol–water partition coefficient (Wildman–Crippen LogP) is 5.74. The van der Waals surface area contributed by atoms with Crippen molar-refractivity contribution < 1.29 is 19.1 Å². The Morgan fingerprint density at radius 1 is 1.06 bits per heavy atom. The Hall–Kier alpha value is -2.44. The summed E-state index contributed by atoms with van der Waals surface area (Å²) in [4.78, 5) is 27.8. The molecular weight excluding hydrogens is 475 g/mol. The van der Waals surface area contributed by atoms with E-state index in [4.69, 9.17) is 32.7 Å². The van der Waals surface area contributed by atoms with Crippen molar-refractivity contribution in [2.75, 3.05) is 20.3 Å². The number of rotatable bonds is 13. The molecule has 0 aliphatic carbocycles. The van der Waals surface area contributed by atoms with Crippen LogP contribution < -0.4 is 14.8 Å². The number of methoxy groups -OCH3 is 1. The second-order valence-electron chi connectivity index (χ2n) is 8.45. The fourth-order valence-corrected chi connectivity index (χ4v) is 3.87. The van der Waals surface area contributed by atoms with E-state index < -0.39 is 6.04 Å². The second-order valence-corrected chi connectivity index (χ2v) is 9.29. The van der Waals surface area contributed by atoms with Crippen molar-refractivity contribution in [1.82, 2.24) is 10.2 Å². The number of nitrogens with one attached hydrogen (secondary N) is 1. The smallest absolute Gasteiger partial charge is 0.242 e. The lowest BCUT2D eigenvalue weighted by atomic mass is 10.1. The molecule has 0 radical (unpaired) electrons. The average Bonchev–Trinajstić information content (AvgIpc) is 2.81. The zero-order valence-corrected chi connectivity index (χ0v) is 21.8. The average molecular weight is 509 g/mol. The van der Waals surface area contributed by atoms with Crippen molar-refractivity contribution in [2.24, 2.45) is 5.92 Å². The normalized spacial score (nSPS) is 11.7. The lowest BCUT2D eigenvalue weighted by molar-refractivity contribution is -0.141. The molecule has 0 fully saturated rings. The van der Waals surface area contributed by atoms with Gasteiger partial charge in [-0.25, -0.2) is 0 Å². The Bertz CT molecular complexity index is 935. The molecule has 0 aromatic heterocycles. The van der Waals surface area contributed by atoms with E-state index in [1.165, 1.54) is 0 Å². The first kappa shape index (κ1) is 27.8. The molecule has 2 rings (SSSR count). The van der Waals surface area contributed by atoms with Gasteiger partial charge >= 0.3 is 0 Å². The van der Waals surface area contributed by atoms with Gasteiger partial charge in [0.15, 0.2) is 0 Å². The third-order valence-corrected chi connectivity index (χ3v) is 5.88. The van der Waals surface area contributed by atoms with E-state index in [0.717, 1.165) is 11.3 Å². The molecule has 186 valence electrons. The molecule has 2 amide bonds. The minimum Gasteiger partial charge on any atom is -0.497 e. The van der Waals surface area contributed by atoms with E-state index >= 15 is 0 Å². The zero-order valence-electron chi connectivity index (χ0n) is 20.3. The van der Waals surface area contributed by atoms with Gasteiger partial charge in [0.25, 0.3) is 0 Å². The monoisotopic (exact) mass is 508 g/mol. The van der Waals surface area contributed by atoms with Gasteiger partial charge in [-0.3, -0.25) is 9.59 Å². The number of nitrogens with zero attached hydrogens (tertiary/aromatic N) is 1. The number of halogens is 2. The minimum absolute atomic E-state index is 0.129. The van der Waals surface area contributed by atoms with E-state index in [-0.39, 0.29) is 24.8 Å². The highest BCUT2D eigenvalue weighted by Gasteiger charge is 2.28. The molecule has 0 unspecified atom stereocenters. The molecule has 1 atom stereocenters. The van der Waals surface area contributed by atoms with Crippen molar-refractivity contribution in [3.63, 3.8) is 0 Å². The predicted molar refractivity (Wildman–Crippen MR) is 137 cm³/mol. The Morgan fingerprint density at radius 2 is 1.74 bits per heavy atom. The molecule has 0 aliphatic heterocycles. The maximum absolute atomic E-state index is 13.3. The minimum atomic E-state index is -0.597. The first-order chi connectivity index (χ1) is 16.2. The molecule has 0 spiro atoms. The Balaban J connectivity index is 2.07. The summed E-state index contributed by atoms with van der Waals surface area (Å²) in [5.41, 5.74) is 0.740. The summed E-state index contributed by atoms with van der Waals surface area (Å²) < 4.78 is 10.9. The van der Waals surface area contributed by atoms with Crippen LogP contribution in [0, 0.1) is 5.92 Å². The first-order valence-electron chi connectivity index (χ1n) is 11.5. The van der Waals surface area contributed by atoms with E-state index in [2.05, 4.69) is 5.32 Å². The second kappa shape index (κ2) is 14.1. The van der Waals surface area contributed by atoms with Crippen LogP contribution in [-0.4, -0.2) is 43.0 Å². The van der Waals surface area contributed by atoms with Gasteiger partial charge in [-0.05, 0) is 60.7 Å². The quantitative estimate of drug-likeness (QED) is 0.350. The highest BCUT2D eigenvalue weighted by molar-refractivity contribution is 6.35. The SMILES string of the molecule is CC[C@@H](C(=O)NCC(C)C)N(Cc1ccc(Cl)cc1Cl)C(=O)CCCOc1ccc(OC)cc1. The van der Waals surface area contributed by atoms with Crippen LogP contribution in [-0.2, 0) is 16.1 Å². The summed E-state index contributed by atoms with van der Waals surface area (Å²) in [6.07, 6.45) is 1.25. The van der Waals surface area contributed by atoms with E-state index in [1.807, 2.05) is 45.0 Å². The standard InChI is InChI=1S/C26H34Cl2N2O4/c1-5-24(26(32)29-16-18(2)3)30(17-19-8-9-20(27)15-23(19)28)25(31)7-6-14-34-22-12-10-21(33-4)11-13-22/h8-13,15,18,24H,5-7,14,16-17H2,1-4H3,(H,29,32)/t24-/m0/s1. The van der Waals surface area contributed by atoms with Crippen molar-refractivity contribution in [1.29, 1.82) is 0 Å². The van der Waals surface area contributed by atoms with Crippen LogP contribution >= 0.6 is 23.2 Å². The van der Waals surface area contributed by atoms with Gasteiger partial charge in [-0.15, -0.1) is 0 Å². The summed E-state index contributed by atoms with van der Waals surface area (Å²) in [6, 6.07) is 11.8. The fourth-order valence-electron chi connectivity index (χ4n) is 3.40. The molecule has 0 saturated carbocycles. The third kappa shape index (κ3) is 8.73. The molecule has 0 bridgehead atoms. The van der Waals surface area contributed by atoms with Crippen LogP contribution in [0.25, 0.3) is 0 Å². The van der Waals surface area contributed by atoms with Gasteiger partial charge in [0.2, 0.25) is 11.8 Å². The van der Waals surface area contributed by atoms with Crippen LogP contribution in [0.3, 0.4) is 0 Å². The highest BCUT2D eigenvalue weighted by Crippen LogP contribution is 2.24. The summed E-state index contributed by atoms with van der Waals surface area (Å²) in [7, 11) is 1.61. The number of benzene rings is 2. The van der Waals surface area contributed by atoms with Crippen molar-refractivity contribution in [3.05, 3.63) is 58.1 Å². The number of carbonyl (C=O) groups is 2. The molecule has 0 saturated heterocycles. The van der Waals surface area contributed by atoms with Crippen LogP contribution in [0.5, 0.6) is 11.5 Å². The van der Waals surface area contributed by atoms with E-state index in [9.17, 15) is 9.59 Å². The largest absolute Gasteiger partial charge is 0.497 e. The molecule has 34 heavy (non-hydrogen) atoms. The van der Waals surface area contributed by atoms with Gasteiger partial charge in [0.1, 0.15) is 17.5 Å². The Kier molecular flexibility index (Phi) is 11.5. The molecule has 2 aromatic rings. The number of hydrogen-bond donors (Lipinski definition) is 1. The summed E-state index contributed by atoms with van der Waals surface area (Å²) in [6.45, 7) is 7.11. The van der Waals surface area contributed by atoms with Gasteiger partial charge < -0.3 is 19.7 Å². The molecule has 6 nitrogen and oxygen atoms in total. The van der Waals surface area contributed by atoms with Crippen LogP contribution in [0.2, 0.25) is 10.0 Å². The summed E-state index contributed by atoms with van der Waals surface area (Å²) in [5.74, 6) is 1.48. The van der Waals surface area contributed by atoms with Crippen LogP contribution in [0.4, 0.5) is 0 Å². The lowest BCUT2D eigenvalue weighted by Gasteiger charge is -2.31. The first-order valence-corrected chi connectivity index (χ1v) is 12.3. The summed E-state index contributed by atoms with van der Waals surface area (Å²) in [5, 5.41) is 3.94. The van der Waals surface area contributed by atoms with Gasteiger partial charge in [0, 0.05) is 29.6 Å². The number of carbonyl (C=O) groups excluding carboxylic acids is 2. The Morgan fingerprint density at radius 3 is 2.32 bits per heavy atom. The number of amides is 2. The van der Waals surface area contributed by atoms with Gasteiger partial charge in [0.05, 0.1) is 13.7 Å². The van der Waals surface area contributed by atoms with E-state index in [1.54, 1.807) is 30.2 Å². The van der Waals surface area contributed by atoms with Gasteiger partial charge in [-0.1, -0.05) is 50.0 Å². The molecular formula is C26H34Cl2N2O4. The van der Waals surface area contributed by atoms with Gasteiger partial charge in [-0.2, -0.15) is 0 Å². The number of hydrogen-bond acceptors (Lipinski definition) is 4. The maximum Gasteiger partial charge on any atom is 0.242 e. The number of ether oxygens (including phenoxy) is 2. The molecule has 0 aliphatic rings.